The zero-order valence-corrected chi connectivity index (χ0v) is 11.6. The lowest BCUT2D eigenvalue weighted by Gasteiger charge is -2.34. The molecule has 0 aromatic heterocycles. The summed E-state index contributed by atoms with van der Waals surface area (Å²) in [5, 5.41) is 18.6. The van der Waals surface area contributed by atoms with Gasteiger partial charge in [0, 0.05) is 18.6 Å². The Labute approximate surface area is 117 Å². The van der Waals surface area contributed by atoms with Crippen LogP contribution in [-0.2, 0) is 16.1 Å². The average Bonchev–Trinajstić information content (AvgIpc) is 2.62. The third-order valence-electron chi connectivity index (χ3n) is 4.20. The molecule has 20 heavy (non-hydrogen) atoms. The van der Waals surface area contributed by atoms with Gasteiger partial charge in [0.05, 0.1) is 11.8 Å². The van der Waals surface area contributed by atoms with Crippen molar-refractivity contribution in [1.82, 2.24) is 4.90 Å². The Hall–Kier alpha value is -1.88. The highest BCUT2D eigenvalue weighted by Gasteiger charge is 2.54. The van der Waals surface area contributed by atoms with E-state index in [4.69, 9.17) is 0 Å². The molecule has 1 heterocycles. The fourth-order valence-corrected chi connectivity index (χ4v) is 3.03. The van der Waals surface area contributed by atoms with Gasteiger partial charge >= 0.3 is 11.9 Å². The van der Waals surface area contributed by atoms with Gasteiger partial charge in [0.15, 0.2) is 0 Å². The Balaban J connectivity index is 2.27. The number of carboxylic acids is 2. The molecule has 1 aromatic rings. The van der Waals surface area contributed by atoms with Crippen LogP contribution in [-0.4, -0.2) is 39.1 Å². The van der Waals surface area contributed by atoms with Gasteiger partial charge in [-0.1, -0.05) is 30.3 Å². The lowest BCUT2D eigenvalue weighted by molar-refractivity contribution is -0.153. The maximum Gasteiger partial charge on any atom is 0.309 e. The number of rotatable bonds is 4. The summed E-state index contributed by atoms with van der Waals surface area (Å²) in [6.07, 6.45) is 0. The van der Waals surface area contributed by atoms with E-state index in [0.717, 1.165) is 5.56 Å². The van der Waals surface area contributed by atoms with Gasteiger partial charge in [-0.3, -0.25) is 14.5 Å². The van der Waals surface area contributed by atoms with Gasteiger partial charge in [-0.05, 0) is 19.4 Å². The number of likely N-dealkylation sites (tertiary alicyclic amines) is 1. The van der Waals surface area contributed by atoms with Crippen molar-refractivity contribution >= 4 is 11.9 Å². The first-order valence-electron chi connectivity index (χ1n) is 6.58. The van der Waals surface area contributed by atoms with E-state index in [1.165, 1.54) is 0 Å². The molecule has 0 amide bonds. The normalized spacial score (nSPS) is 25.5. The topological polar surface area (TPSA) is 77.8 Å². The number of nitrogens with zero attached hydrogens (tertiary/aromatic N) is 1. The monoisotopic (exact) mass is 277 g/mol. The lowest BCUT2D eigenvalue weighted by Crippen LogP contribution is -2.45. The number of hydrogen-bond donors (Lipinski definition) is 2. The number of carbonyl (C=O) groups is 2. The van der Waals surface area contributed by atoms with Crippen molar-refractivity contribution in [1.29, 1.82) is 0 Å². The number of carboxylic acid groups (broad SMARTS) is 2. The van der Waals surface area contributed by atoms with Crippen LogP contribution in [0.2, 0.25) is 0 Å². The van der Waals surface area contributed by atoms with Crippen LogP contribution in [0.1, 0.15) is 19.4 Å². The van der Waals surface area contributed by atoms with Crippen LogP contribution in [0.15, 0.2) is 30.3 Å². The summed E-state index contributed by atoms with van der Waals surface area (Å²) in [5.41, 5.74) is 0.362. The molecule has 1 saturated heterocycles. The maximum absolute atomic E-state index is 11.4. The lowest BCUT2D eigenvalue weighted by atomic mass is 9.82. The third-order valence-corrected chi connectivity index (χ3v) is 4.20. The molecule has 5 nitrogen and oxygen atoms in total. The molecule has 1 aliphatic rings. The molecule has 0 aliphatic carbocycles. The molecule has 0 saturated carbocycles. The summed E-state index contributed by atoms with van der Waals surface area (Å²) in [7, 11) is 0. The van der Waals surface area contributed by atoms with Crippen molar-refractivity contribution in [3.63, 3.8) is 0 Å². The molecule has 0 radical (unpaired) electrons. The highest BCUT2D eigenvalue weighted by atomic mass is 16.4. The zero-order chi connectivity index (χ0) is 14.9. The first-order chi connectivity index (χ1) is 9.34. The van der Waals surface area contributed by atoms with Crippen LogP contribution in [0.3, 0.4) is 0 Å². The second kappa shape index (κ2) is 5.25. The fourth-order valence-electron chi connectivity index (χ4n) is 3.03. The highest BCUT2D eigenvalue weighted by molar-refractivity contribution is 5.82. The SMILES string of the molecule is CC1(C)C(C(=O)O)C(C(=O)O)CN1Cc1ccccc1. The minimum Gasteiger partial charge on any atom is -0.481 e. The van der Waals surface area contributed by atoms with Gasteiger partial charge in [0.2, 0.25) is 0 Å². The minimum atomic E-state index is -1.04. The summed E-state index contributed by atoms with van der Waals surface area (Å²) in [5.74, 6) is -3.85. The van der Waals surface area contributed by atoms with Crippen molar-refractivity contribution in [3.8, 4) is 0 Å². The van der Waals surface area contributed by atoms with E-state index in [0.29, 0.717) is 6.54 Å². The Bertz CT molecular complexity index is 512. The fraction of sp³-hybridized carbons (Fsp3) is 0.467. The van der Waals surface area contributed by atoms with Crippen molar-refractivity contribution < 1.29 is 19.8 Å². The van der Waals surface area contributed by atoms with E-state index >= 15 is 0 Å². The summed E-state index contributed by atoms with van der Waals surface area (Å²) < 4.78 is 0. The molecular formula is C15H19NO4. The quantitative estimate of drug-likeness (QED) is 0.875. The highest BCUT2D eigenvalue weighted by Crippen LogP contribution is 2.39. The van der Waals surface area contributed by atoms with Crippen molar-refractivity contribution in [2.75, 3.05) is 6.54 Å². The number of benzene rings is 1. The number of hydrogen-bond acceptors (Lipinski definition) is 3. The molecular weight excluding hydrogens is 258 g/mol. The third kappa shape index (κ3) is 2.54. The summed E-state index contributed by atoms with van der Waals surface area (Å²) in [4.78, 5) is 24.7. The van der Waals surface area contributed by atoms with Gasteiger partial charge in [-0.2, -0.15) is 0 Å². The second-order valence-electron chi connectivity index (χ2n) is 5.78. The van der Waals surface area contributed by atoms with Crippen LogP contribution in [0.4, 0.5) is 0 Å². The second-order valence-corrected chi connectivity index (χ2v) is 5.78. The smallest absolute Gasteiger partial charge is 0.309 e. The molecule has 2 N–H and O–H groups in total. The van der Waals surface area contributed by atoms with Crippen molar-refractivity contribution in [2.24, 2.45) is 11.8 Å². The largest absolute Gasteiger partial charge is 0.481 e. The molecule has 0 spiro atoms. The van der Waals surface area contributed by atoms with E-state index in [1.807, 2.05) is 35.2 Å². The van der Waals surface area contributed by atoms with E-state index in [9.17, 15) is 19.8 Å². The zero-order valence-electron chi connectivity index (χ0n) is 11.6. The molecule has 5 heteroatoms. The molecule has 108 valence electrons. The predicted octanol–water partition coefficient (Wildman–Crippen LogP) is 1.68. The summed E-state index contributed by atoms with van der Waals surface area (Å²) >= 11 is 0. The predicted molar refractivity (Wildman–Crippen MR) is 73.2 cm³/mol. The Morgan fingerprint density at radius 1 is 1.20 bits per heavy atom. The molecule has 1 aliphatic heterocycles. The Morgan fingerprint density at radius 2 is 1.80 bits per heavy atom. The standard InChI is InChI=1S/C15H19NO4/c1-15(2)12(14(19)20)11(13(17)18)9-16(15)8-10-6-4-3-5-7-10/h3-7,11-12H,8-9H2,1-2H3,(H,17,18)(H,19,20). The van der Waals surface area contributed by atoms with Gasteiger partial charge in [-0.25, -0.2) is 0 Å². The van der Waals surface area contributed by atoms with Crippen LogP contribution in [0, 0.1) is 11.8 Å². The molecule has 2 atom stereocenters. The van der Waals surface area contributed by atoms with Crippen LogP contribution < -0.4 is 0 Å². The first kappa shape index (κ1) is 14.5. The molecule has 2 rings (SSSR count). The Kier molecular flexibility index (Phi) is 3.81. The van der Waals surface area contributed by atoms with Crippen molar-refractivity contribution in [2.45, 2.75) is 25.9 Å². The summed E-state index contributed by atoms with van der Waals surface area (Å²) in [6, 6.07) is 9.67. The van der Waals surface area contributed by atoms with Crippen LogP contribution in [0.5, 0.6) is 0 Å². The first-order valence-corrected chi connectivity index (χ1v) is 6.58. The molecule has 1 aromatic carbocycles. The van der Waals surface area contributed by atoms with Crippen LogP contribution in [0.25, 0.3) is 0 Å². The molecule has 1 fully saturated rings. The molecule has 2 unspecified atom stereocenters. The van der Waals surface area contributed by atoms with Gasteiger partial charge in [-0.15, -0.1) is 0 Å². The van der Waals surface area contributed by atoms with Gasteiger partial charge in [0.25, 0.3) is 0 Å². The van der Waals surface area contributed by atoms with Gasteiger partial charge in [0.1, 0.15) is 0 Å². The number of aliphatic carboxylic acids is 2. The van der Waals surface area contributed by atoms with Crippen LogP contribution >= 0.6 is 0 Å². The minimum absolute atomic E-state index is 0.258. The Morgan fingerprint density at radius 3 is 2.25 bits per heavy atom. The van der Waals surface area contributed by atoms with E-state index < -0.39 is 29.3 Å². The van der Waals surface area contributed by atoms with E-state index in [1.54, 1.807) is 13.8 Å². The van der Waals surface area contributed by atoms with E-state index in [2.05, 4.69) is 0 Å². The molecule has 0 bridgehead atoms. The maximum atomic E-state index is 11.4. The van der Waals surface area contributed by atoms with Gasteiger partial charge < -0.3 is 10.2 Å². The summed E-state index contributed by atoms with van der Waals surface area (Å²) in [6.45, 7) is 4.42. The van der Waals surface area contributed by atoms with Crippen molar-refractivity contribution in [3.05, 3.63) is 35.9 Å². The average molecular weight is 277 g/mol. The van der Waals surface area contributed by atoms with E-state index in [-0.39, 0.29) is 6.54 Å².